The molecule has 0 aliphatic carbocycles. The number of benzene rings is 2. The van der Waals surface area contributed by atoms with E-state index in [0.29, 0.717) is 11.3 Å². The Balaban J connectivity index is 2.79. The van der Waals surface area contributed by atoms with E-state index in [1.807, 2.05) is 13.0 Å². The van der Waals surface area contributed by atoms with Crippen LogP contribution in [0.5, 0.6) is 11.5 Å². The molecule has 122 valence electrons. The number of hydrogen-bond donors (Lipinski definition) is 4. The molecular weight excluding hydrogens is 308 g/mol. The normalized spacial score (nSPS) is 9.88. The summed E-state index contributed by atoms with van der Waals surface area (Å²) in [6, 6.07) is 9.91. The molecule has 5 N–H and O–H groups in total. The number of nitriles is 1. The molecule has 0 aliphatic rings. The number of guanidine groups is 1. The van der Waals surface area contributed by atoms with Crippen molar-refractivity contribution in [2.45, 2.75) is 6.92 Å². The molecule has 0 spiro atoms. The second kappa shape index (κ2) is 6.71. The molecule has 0 heterocycles. The lowest BCUT2D eigenvalue weighted by molar-refractivity contribution is 0.0974. The summed E-state index contributed by atoms with van der Waals surface area (Å²) < 4.78 is 5.23. The minimum absolute atomic E-state index is 0.128. The summed E-state index contributed by atoms with van der Waals surface area (Å²) in [5.74, 6) is -1.10. The zero-order valence-electron chi connectivity index (χ0n) is 13.2. The van der Waals surface area contributed by atoms with Crippen molar-refractivity contribution in [3.8, 4) is 28.7 Å². The number of phenols is 1. The molecule has 1 amide bonds. The molecule has 0 radical (unpaired) electrons. The van der Waals surface area contributed by atoms with Gasteiger partial charge in [0, 0.05) is 5.56 Å². The van der Waals surface area contributed by atoms with Gasteiger partial charge < -0.3 is 15.6 Å². The first-order valence-corrected chi connectivity index (χ1v) is 6.95. The van der Waals surface area contributed by atoms with Crippen molar-refractivity contribution >= 4 is 11.9 Å². The lowest BCUT2D eigenvalue weighted by Gasteiger charge is -2.14. The van der Waals surface area contributed by atoms with Crippen LogP contribution in [-0.2, 0) is 0 Å². The van der Waals surface area contributed by atoms with Gasteiger partial charge >= 0.3 is 0 Å². The number of hydrogen-bond acceptors (Lipinski definition) is 5. The lowest BCUT2D eigenvalue weighted by Crippen LogP contribution is -2.36. The van der Waals surface area contributed by atoms with Crippen LogP contribution in [0.3, 0.4) is 0 Å². The zero-order valence-corrected chi connectivity index (χ0v) is 13.2. The van der Waals surface area contributed by atoms with Gasteiger partial charge in [0.15, 0.2) is 5.96 Å². The highest BCUT2D eigenvalue weighted by molar-refractivity contribution is 6.10. The molecule has 0 saturated carbocycles. The second-order valence-electron chi connectivity index (χ2n) is 5.10. The number of nitrogens with one attached hydrogen (secondary N) is 2. The molecule has 0 saturated heterocycles. The van der Waals surface area contributed by atoms with Gasteiger partial charge in [0.25, 0.3) is 5.91 Å². The van der Waals surface area contributed by atoms with Crippen LogP contribution in [-0.4, -0.2) is 24.1 Å². The molecule has 24 heavy (non-hydrogen) atoms. The summed E-state index contributed by atoms with van der Waals surface area (Å²) in [6.07, 6.45) is 0. The molecule has 7 nitrogen and oxygen atoms in total. The van der Waals surface area contributed by atoms with Crippen LogP contribution in [0.2, 0.25) is 0 Å². The maximum absolute atomic E-state index is 12.3. The highest BCUT2D eigenvalue weighted by Gasteiger charge is 2.22. The van der Waals surface area contributed by atoms with Gasteiger partial charge in [-0.15, -0.1) is 0 Å². The fourth-order valence-electron chi connectivity index (χ4n) is 2.41. The molecule has 0 unspecified atom stereocenters. The minimum atomic E-state index is -0.771. The number of aromatic hydroxyl groups is 1. The summed E-state index contributed by atoms with van der Waals surface area (Å²) in [6.45, 7) is 1.84. The molecule has 0 atom stereocenters. The number of methoxy groups -OCH3 is 1. The van der Waals surface area contributed by atoms with Gasteiger partial charge in [-0.05, 0) is 42.3 Å². The topological polar surface area (TPSA) is 132 Å². The standard InChI is InChI=1S/C17H16N4O3/c1-9-5-11(7-12(6-9)24-2)14-10(8-18)3-4-13(22)15(14)16(23)21-17(19)20/h3-7,22H,1-2H3,(H4,19,20,21,23). The average molecular weight is 324 g/mol. The first kappa shape index (κ1) is 16.8. The largest absolute Gasteiger partial charge is 0.507 e. The Morgan fingerprint density at radius 1 is 1.38 bits per heavy atom. The number of carbonyl (C=O) groups is 1. The van der Waals surface area contributed by atoms with Crippen molar-refractivity contribution in [3.63, 3.8) is 0 Å². The van der Waals surface area contributed by atoms with Gasteiger partial charge in [0.1, 0.15) is 11.5 Å². The highest BCUT2D eigenvalue weighted by atomic mass is 16.5. The van der Waals surface area contributed by atoms with Gasteiger partial charge in [-0.1, -0.05) is 6.07 Å². The third-order valence-corrected chi connectivity index (χ3v) is 3.35. The number of rotatable bonds is 3. The monoisotopic (exact) mass is 324 g/mol. The Morgan fingerprint density at radius 3 is 2.67 bits per heavy atom. The summed E-state index contributed by atoms with van der Waals surface area (Å²) in [5.41, 5.74) is 6.91. The average Bonchev–Trinajstić information content (AvgIpc) is 2.52. The number of aryl methyl sites for hydroxylation is 1. The Morgan fingerprint density at radius 2 is 2.08 bits per heavy atom. The van der Waals surface area contributed by atoms with Crippen molar-refractivity contribution in [2.75, 3.05) is 7.11 Å². The predicted molar refractivity (Wildman–Crippen MR) is 88.9 cm³/mol. The van der Waals surface area contributed by atoms with Gasteiger partial charge in [-0.3, -0.25) is 15.5 Å². The lowest BCUT2D eigenvalue weighted by atomic mass is 9.92. The van der Waals surface area contributed by atoms with Crippen molar-refractivity contribution in [3.05, 3.63) is 47.0 Å². The van der Waals surface area contributed by atoms with E-state index in [1.165, 1.54) is 19.2 Å². The third-order valence-electron chi connectivity index (χ3n) is 3.35. The Labute approximate surface area is 138 Å². The number of amides is 1. The van der Waals surface area contributed by atoms with Crippen LogP contribution in [0.1, 0.15) is 21.5 Å². The molecule has 0 bridgehead atoms. The van der Waals surface area contributed by atoms with Crippen LogP contribution in [0.25, 0.3) is 11.1 Å². The predicted octanol–water partition coefficient (Wildman–Crippen LogP) is 1.87. The van der Waals surface area contributed by atoms with Gasteiger partial charge in [0.2, 0.25) is 0 Å². The molecule has 7 heteroatoms. The highest BCUT2D eigenvalue weighted by Crippen LogP contribution is 2.35. The number of nitrogens with two attached hydrogens (primary N) is 1. The van der Waals surface area contributed by atoms with E-state index in [4.69, 9.17) is 15.9 Å². The van der Waals surface area contributed by atoms with Gasteiger partial charge in [0.05, 0.1) is 24.3 Å². The summed E-state index contributed by atoms with van der Waals surface area (Å²) in [5, 5.41) is 28.9. The molecule has 2 aromatic carbocycles. The molecule has 2 aromatic rings. The van der Waals surface area contributed by atoms with Crippen molar-refractivity contribution < 1.29 is 14.6 Å². The zero-order chi connectivity index (χ0) is 17.9. The first-order chi connectivity index (χ1) is 11.4. The van der Waals surface area contributed by atoms with Gasteiger partial charge in [-0.2, -0.15) is 5.26 Å². The molecule has 0 fully saturated rings. The van der Waals surface area contributed by atoms with Crippen molar-refractivity contribution in [2.24, 2.45) is 5.73 Å². The summed E-state index contributed by atoms with van der Waals surface area (Å²) >= 11 is 0. The maximum Gasteiger partial charge on any atom is 0.262 e. The number of ether oxygens (including phenoxy) is 1. The Bertz CT molecular complexity index is 869. The fourth-order valence-corrected chi connectivity index (χ4v) is 2.41. The van der Waals surface area contributed by atoms with E-state index in [1.54, 1.807) is 18.2 Å². The molecule has 0 aliphatic heterocycles. The van der Waals surface area contributed by atoms with Crippen molar-refractivity contribution in [1.82, 2.24) is 5.32 Å². The molecule has 0 aromatic heterocycles. The smallest absolute Gasteiger partial charge is 0.262 e. The minimum Gasteiger partial charge on any atom is -0.507 e. The van der Waals surface area contributed by atoms with Crippen LogP contribution < -0.4 is 15.8 Å². The first-order valence-electron chi connectivity index (χ1n) is 6.95. The van der Waals surface area contributed by atoms with Crippen LogP contribution in [0.15, 0.2) is 30.3 Å². The Kier molecular flexibility index (Phi) is 4.70. The maximum atomic E-state index is 12.3. The summed E-state index contributed by atoms with van der Waals surface area (Å²) in [4.78, 5) is 12.3. The van der Waals surface area contributed by atoms with E-state index in [2.05, 4.69) is 5.32 Å². The van der Waals surface area contributed by atoms with E-state index < -0.39 is 11.9 Å². The number of carbonyl (C=O) groups excluding carboxylic acids is 1. The van der Waals surface area contributed by atoms with Crippen LogP contribution in [0.4, 0.5) is 0 Å². The number of nitrogens with zero attached hydrogens (tertiary/aromatic N) is 1. The van der Waals surface area contributed by atoms with Crippen molar-refractivity contribution in [1.29, 1.82) is 10.7 Å². The third kappa shape index (κ3) is 3.28. The Hall–Kier alpha value is -3.53. The molecule has 2 rings (SSSR count). The van der Waals surface area contributed by atoms with E-state index >= 15 is 0 Å². The van der Waals surface area contributed by atoms with E-state index in [-0.39, 0.29) is 22.4 Å². The van der Waals surface area contributed by atoms with Crippen LogP contribution in [0, 0.1) is 23.7 Å². The quantitative estimate of drug-likeness (QED) is 0.505. The fraction of sp³-hybridized carbons (Fsp3) is 0.118. The van der Waals surface area contributed by atoms with E-state index in [0.717, 1.165) is 5.56 Å². The van der Waals surface area contributed by atoms with Crippen LogP contribution >= 0.6 is 0 Å². The SMILES string of the molecule is COc1cc(C)cc(-c2c(C#N)ccc(O)c2C(=O)NC(=N)N)c1. The molecular formula is C17H16N4O3. The van der Waals surface area contributed by atoms with Gasteiger partial charge in [-0.25, -0.2) is 0 Å². The number of phenolic OH excluding ortho intramolecular Hbond substituents is 1. The summed E-state index contributed by atoms with van der Waals surface area (Å²) in [7, 11) is 1.51. The second-order valence-corrected chi connectivity index (χ2v) is 5.10. The van der Waals surface area contributed by atoms with E-state index in [9.17, 15) is 15.2 Å².